The number of carboxylic acid groups (broad SMARTS) is 1. The molecule has 0 bridgehead atoms. The average Bonchev–Trinajstić information content (AvgIpc) is 3.30. The number of benzene rings is 2. The first-order valence-corrected chi connectivity index (χ1v) is 12.5. The van der Waals surface area contributed by atoms with Crippen molar-refractivity contribution in [3.63, 3.8) is 0 Å². The first kappa shape index (κ1) is 24.5. The zero-order valence-corrected chi connectivity index (χ0v) is 21.0. The quantitative estimate of drug-likeness (QED) is 0.305. The van der Waals surface area contributed by atoms with E-state index in [1.54, 1.807) is 23.1 Å². The van der Waals surface area contributed by atoms with E-state index >= 15 is 0 Å². The summed E-state index contributed by atoms with van der Waals surface area (Å²) < 4.78 is 6.68. The Kier molecular flexibility index (Phi) is 7.48. The Morgan fingerprint density at radius 2 is 1.88 bits per heavy atom. The topological polar surface area (TPSA) is 87.2 Å². The number of carbonyl (C=O) groups excluding carboxylic acids is 2. The minimum atomic E-state index is -0.873. The van der Waals surface area contributed by atoms with Crippen molar-refractivity contribution in [3.8, 4) is 5.75 Å². The molecule has 3 amide bonds. The molecule has 1 atom stereocenters. The van der Waals surface area contributed by atoms with Gasteiger partial charge in [0.05, 0.1) is 17.3 Å². The number of aliphatic carboxylic acids is 1. The van der Waals surface area contributed by atoms with E-state index in [1.165, 1.54) is 4.90 Å². The molecule has 2 aliphatic rings. The first-order chi connectivity index (χ1) is 16.3. The molecule has 34 heavy (non-hydrogen) atoms. The van der Waals surface area contributed by atoms with E-state index in [0.717, 1.165) is 22.9 Å². The molecule has 7 nitrogen and oxygen atoms in total. The van der Waals surface area contributed by atoms with Crippen LogP contribution in [0.25, 0.3) is 0 Å². The van der Waals surface area contributed by atoms with Crippen LogP contribution in [-0.4, -0.2) is 46.6 Å². The summed E-state index contributed by atoms with van der Waals surface area (Å²) in [6.45, 7) is 0.957. The molecule has 2 aliphatic heterocycles. The second-order valence-corrected chi connectivity index (χ2v) is 10.0. The Bertz CT molecular complexity index is 1090. The van der Waals surface area contributed by atoms with E-state index in [2.05, 4.69) is 15.9 Å². The molecule has 1 unspecified atom stereocenters. The third kappa shape index (κ3) is 4.93. The fourth-order valence-electron chi connectivity index (χ4n) is 4.71. The lowest BCUT2D eigenvalue weighted by Gasteiger charge is -2.28. The summed E-state index contributed by atoms with van der Waals surface area (Å²) in [7, 11) is 0. The molecule has 0 aromatic heterocycles. The number of imide groups is 1. The summed E-state index contributed by atoms with van der Waals surface area (Å²) in [6, 6.07) is 12.4. The van der Waals surface area contributed by atoms with Crippen LogP contribution in [0.2, 0.25) is 5.02 Å². The van der Waals surface area contributed by atoms with E-state index < -0.39 is 11.5 Å². The van der Waals surface area contributed by atoms with Crippen molar-refractivity contribution in [1.29, 1.82) is 0 Å². The van der Waals surface area contributed by atoms with Gasteiger partial charge in [0.15, 0.2) is 0 Å². The zero-order chi connectivity index (χ0) is 24.3. The fourth-order valence-corrected chi connectivity index (χ4v) is 5.20. The standard InChI is InChI=1S/C25H26BrClN2O5/c26-18-8-6-17(7-9-18)16-25-12-4-13-28(25)24(33)29(23(25)32)19-10-11-21(20(27)15-19)34-14-3-1-2-5-22(30)31/h6-11,15H,1-5,12-14,16H2,(H,30,31). The minimum Gasteiger partial charge on any atom is -0.492 e. The third-order valence-electron chi connectivity index (χ3n) is 6.39. The number of ether oxygens (including phenoxy) is 1. The number of carbonyl (C=O) groups is 3. The van der Waals surface area contributed by atoms with Crippen LogP contribution in [0.5, 0.6) is 5.75 Å². The van der Waals surface area contributed by atoms with Gasteiger partial charge in [-0.1, -0.05) is 39.7 Å². The van der Waals surface area contributed by atoms with E-state index in [1.807, 2.05) is 24.3 Å². The van der Waals surface area contributed by atoms with Gasteiger partial charge in [-0.05, 0) is 68.0 Å². The molecule has 2 fully saturated rings. The maximum atomic E-state index is 13.6. The molecule has 2 aromatic rings. The monoisotopic (exact) mass is 548 g/mol. The van der Waals surface area contributed by atoms with Gasteiger partial charge >= 0.3 is 12.0 Å². The van der Waals surface area contributed by atoms with E-state index in [0.29, 0.717) is 55.3 Å². The minimum absolute atomic E-state index is 0.147. The van der Waals surface area contributed by atoms with Gasteiger partial charge in [0, 0.05) is 23.9 Å². The highest BCUT2D eigenvalue weighted by atomic mass is 79.9. The van der Waals surface area contributed by atoms with Crippen LogP contribution in [0.15, 0.2) is 46.9 Å². The van der Waals surface area contributed by atoms with Gasteiger partial charge in [0.25, 0.3) is 5.91 Å². The molecule has 2 aromatic carbocycles. The second-order valence-electron chi connectivity index (χ2n) is 8.68. The van der Waals surface area contributed by atoms with Gasteiger partial charge in [0.2, 0.25) is 0 Å². The van der Waals surface area contributed by atoms with Gasteiger partial charge in [-0.25, -0.2) is 9.69 Å². The van der Waals surface area contributed by atoms with Crippen LogP contribution in [0.1, 0.15) is 44.1 Å². The van der Waals surface area contributed by atoms with Gasteiger partial charge in [-0.2, -0.15) is 0 Å². The molecule has 2 saturated heterocycles. The normalized spacial score (nSPS) is 19.6. The maximum Gasteiger partial charge on any atom is 0.332 e. The number of rotatable bonds is 10. The molecule has 0 aliphatic carbocycles. The molecule has 9 heteroatoms. The van der Waals surface area contributed by atoms with Crippen LogP contribution in [0, 0.1) is 0 Å². The highest BCUT2D eigenvalue weighted by Gasteiger charge is 2.59. The van der Waals surface area contributed by atoms with Gasteiger partial charge in [-0.15, -0.1) is 0 Å². The van der Waals surface area contributed by atoms with Crippen molar-refractivity contribution >= 4 is 51.1 Å². The Balaban J connectivity index is 1.46. The Morgan fingerprint density at radius 1 is 1.12 bits per heavy atom. The van der Waals surface area contributed by atoms with Gasteiger partial charge < -0.3 is 14.7 Å². The number of fused-ring (bicyclic) bond motifs is 1. The van der Waals surface area contributed by atoms with E-state index in [4.69, 9.17) is 21.4 Å². The summed E-state index contributed by atoms with van der Waals surface area (Å²) >= 11 is 9.85. The first-order valence-electron chi connectivity index (χ1n) is 11.4. The summed E-state index contributed by atoms with van der Waals surface area (Å²) in [5, 5.41) is 9.00. The smallest absolute Gasteiger partial charge is 0.332 e. The molecule has 0 radical (unpaired) electrons. The Hall–Kier alpha value is -2.58. The van der Waals surface area contributed by atoms with Crippen LogP contribution in [0.4, 0.5) is 10.5 Å². The number of carboxylic acids is 1. The molecule has 1 N–H and O–H groups in total. The van der Waals surface area contributed by atoms with Crippen molar-refractivity contribution in [2.45, 2.75) is 50.5 Å². The van der Waals surface area contributed by atoms with Crippen molar-refractivity contribution in [2.75, 3.05) is 18.1 Å². The number of anilines is 1. The highest BCUT2D eigenvalue weighted by molar-refractivity contribution is 9.10. The molecule has 4 rings (SSSR count). The molecular formula is C25H26BrClN2O5. The van der Waals surface area contributed by atoms with E-state index in [9.17, 15) is 14.4 Å². The number of urea groups is 1. The lowest BCUT2D eigenvalue weighted by atomic mass is 9.88. The molecule has 0 saturated carbocycles. The Morgan fingerprint density at radius 3 is 2.59 bits per heavy atom. The summed E-state index contributed by atoms with van der Waals surface area (Å²) in [4.78, 5) is 40.4. The lowest BCUT2D eigenvalue weighted by Crippen LogP contribution is -2.47. The predicted molar refractivity (Wildman–Crippen MR) is 132 cm³/mol. The van der Waals surface area contributed by atoms with Crippen molar-refractivity contribution in [3.05, 3.63) is 57.5 Å². The van der Waals surface area contributed by atoms with E-state index in [-0.39, 0.29) is 18.4 Å². The summed E-state index contributed by atoms with van der Waals surface area (Å²) in [5.74, 6) is -0.557. The second kappa shape index (κ2) is 10.4. The largest absolute Gasteiger partial charge is 0.492 e. The summed E-state index contributed by atoms with van der Waals surface area (Å²) in [6.07, 6.45) is 4.09. The third-order valence-corrected chi connectivity index (χ3v) is 7.21. The SMILES string of the molecule is O=C(O)CCCCCOc1ccc(N2C(=O)N3CCCC3(Cc3ccc(Br)cc3)C2=O)cc1Cl. The van der Waals surface area contributed by atoms with Crippen LogP contribution >= 0.6 is 27.5 Å². The molecule has 2 heterocycles. The Labute approximate surface area is 211 Å². The number of nitrogens with zero attached hydrogens (tertiary/aromatic N) is 2. The fraction of sp³-hybridized carbons (Fsp3) is 0.400. The summed E-state index contributed by atoms with van der Waals surface area (Å²) in [5.41, 5.74) is 0.560. The highest BCUT2D eigenvalue weighted by Crippen LogP contribution is 2.43. The zero-order valence-electron chi connectivity index (χ0n) is 18.6. The average molecular weight is 550 g/mol. The number of unbranched alkanes of at least 4 members (excludes halogenated alkanes) is 2. The number of amides is 3. The number of hydrogen-bond donors (Lipinski definition) is 1. The number of halogens is 2. The molecule has 180 valence electrons. The predicted octanol–water partition coefficient (Wildman–Crippen LogP) is 5.67. The van der Waals surface area contributed by atoms with Crippen molar-refractivity contribution in [2.24, 2.45) is 0 Å². The molecule has 0 spiro atoms. The van der Waals surface area contributed by atoms with Gasteiger partial charge in [-0.3, -0.25) is 9.59 Å². The van der Waals surface area contributed by atoms with Crippen LogP contribution < -0.4 is 9.64 Å². The maximum absolute atomic E-state index is 13.6. The lowest BCUT2D eigenvalue weighted by molar-refractivity contribution is -0.137. The van der Waals surface area contributed by atoms with Gasteiger partial charge in [0.1, 0.15) is 11.3 Å². The number of hydrogen-bond acceptors (Lipinski definition) is 4. The van der Waals surface area contributed by atoms with Crippen molar-refractivity contribution in [1.82, 2.24) is 4.90 Å². The van der Waals surface area contributed by atoms with Crippen LogP contribution in [-0.2, 0) is 16.0 Å². The van der Waals surface area contributed by atoms with Crippen molar-refractivity contribution < 1.29 is 24.2 Å². The molecular weight excluding hydrogens is 524 g/mol. The van der Waals surface area contributed by atoms with Crippen LogP contribution in [0.3, 0.4) is 0 Å².